The Morgan fingerprint density at radius 2 is 1.90 bits per heavy atom. The van der Waals surface area contributed by atoms with Gasteiger partial charge >= 0.3 is 0 Å². The third-order valence-electron chi connectivity index (χ3n) is 5.77. The number of carbonyl (C=O) groups is 1. The van der Waals surface area contributed by atoms with Gasteiger partial charge in [0.15, 0.2) is 0 Å². The summed E-state index contributed by atoms with van der Waals surface area (Å²) < 4.78 is 39.2. The van der Waals surface area contributed by atoms with E-state index in [4.69, 9.17) is 15.2 Å². The molecule has 1 fully saturated rings. The summed E-state index contributed by atoms with van der Waals surface area (Å²) in [4.78, 5) is 12.0. The first-order chi connectivity index (χ1) is 14.4. The number of benzene rings is 1. The predicted molar refractivity (Wildman–Crippen MR) is 117 cm³/mol. The highest BCUT2D eigenvalue weighted by Gasteiger charge is 2.37. The van der Waals surface area contributed by atoms with Gasteiger partial charge in [-0.2, -0.15) is 0 Å². The minimum Gasteiger partial charge on any atom is -0.369 e. The minimum absolute atomic E-state index is 0.00638. The number of carbonyl (C=O) groups excluding carboxylic acids is 1. The van der Waals surface area contributed by atoms with Crippen LogP contribution in [-0.2, 0) is 30.7 Å². The molecule has 0 unspecified atom stereocenters. The van der Waals surface area contributed by atoms with E-state index in [1.54, 1.807) is 11.4 Å². The number of primary amides is 1. The highest BCUT2D eigenvalue weighted by atomic mass is 32.2. The molecule has 8 heteroatoms. The molecule has 0 bridgehead atoms. The van der Waals surface area contributed by atoms with Crippen molar-refractivity contribution in [2.45, 2.75) is 63.2 Å². The maximum atomic E-state index is 13.6. The summed E-state index contributed by atoms with van der Waals surface area (Å²) in [6.07, 6.45) is 4.33. The molecule has 30 heavy (non-hydrogen) atoms. The Hall–Kier alpha value is -1.48. The van der Waals surface area contributed by atoms with Crippen molar-refractivity contribution in [1.82, 2.24) is 4.31 Å². The molecular formula is C22H36N2O5S. The van der Waals surface area contributed by atoms with E-state index in [0.717, 1.165) is 18.4 Å². The number of ether oxygens (including phenoxy) is 2. The van der Waals surface area contributed by atoms with Gasteiger partial charge in [0.25, 0.3) is 0 Å². The first-order valence-corrected chi connectivity index (χ1v) is 12.3. The van der Waals surface area contributed by atoms with Gasteiger partial charge in [-0.15, -0.1) is 0 Å². The van der Waals surface area contributed by atoms with Crippen molar-refractivity contribution in [2.75, 3.05) is 27.0 Å². The molecule has 1 heterocycles. The molecule has 2 rings (SSSR count). The molecule has 170 valence electrons. The number of rotatable bonds is 13. The van der Waals surface area contributed by atoms with Gasteiger partial charge in [-0.1, -0.05) is 50.1 Å². The van der Waals surface area contributed by atoms with Crippen molar-refractivity contribution in [2.24, 2.45) is 11.7 Å². The van der Waals surface area contributed by atoms with E-state index in [0.29, 0.717) is 38.8 Å². The molecule has 1 saturated heterocycles. The van der Waals surface area contributed by atoms with Crippen molar-refractivity contribution >= 4 is 15.9 Å². The first kappa shape index (κ1) is 24.8. The highest BCUT2D eigenvalue weighted by Crippen LogP contribution is 2.27. The second-order valence-corrected chi connectivity index (χ2v) is 10.2. The monoisotopic (exact) mass is 440 g/mol. The van der Waals surface area contributed by atoms with Gasteiger partial charge in [0.05, 0.1) is 11.4 Å². The van der Waals surface area contributed by atoms with Gasteiger partial charge in [0, 0.05) is 26.1 Å². The van der Waals surface area contributed by atoms with Crippen LogP contribution in [0.15, 0.2) is 30.3 Å². The number of nitrogens with two attached hydrogens (primary N) is 1. The fourth-order valence-electron chi connectivity index (χ4n) is 3.96. The van der Waals surface area contributed by atoms with Crippen LogP contribution in [0.2, 0.25) is 0 Å². The van der Waals surface area contributed by atoms with Crippen molar-refractivity contribution in [3.05, 3.63) is 35.9 Å². The first-order valence-electron chi connectivity index (χ1n) is 10.8. The Kier molecular flexibility index (Phi) is 10.2. The summed E-state index contributed by atoms with van der Waals surface area (Å²) >= 11 is 0. The number of nitrogens with zero attached hydrogens (tertiary/aromatic N) is 1. The molecule has 0 spiro atoms. The second-order valence-electron chi connectivity index (χ2n) is 8.01. The van der Waals surface area contributed by atoms with E-state index >= 15 is 0 Å². The van der Waals surface area contributed by atoms with Crippen molar-refractivity contribution in [3.63, 3.8) is 0 Å². The standard InChI is InChI=1S/C22H36N2O5S/c1-3-4-10-19(22(23)25)16-21(15-18-8-6-5-7-9-18)30(26,27)24-13-11-20(12-14-24)29-17-28-2/h5-9,19-21H,3-4,10-17H2,1-2H3,(H2,23,25)/t19-,21+/m1/s1. The maximum absolute atomic E-state index is 13.6. The van der Waals surface area contributed by atoms with Gasteiger partial charge in [-0.3, -0.25) is 4.79 Å². The number of hydrogen-bond donors (Lipinski definition) is 1. The fourth-order valence-corrected chi connectivity index (χ4v) is 5.98. The highest BCUT2D eigenvalue weighted by molar-refractivity contribution is 7.89. The molecule has 1 aliphatic rings. The number of methoxy groups -OCH3 is 1. The van der Waals surface area contributed by atoms with Crippen LogP contribution in [0.25, 0.3) is 0 Å². The molecule has 1 aliphatic heterocycles. The van der Waals surface area contributed by atoms with E-state index in [9.17, 15) is 13.2 Å². The molecule has 1 aromatic rings. The molecule has 2 atom stereocenters. The SMILES string of the molecule is CCCC[C@H](C[C@H](Cc1ccccc1)S(=O)(=O)N1CCC(OCOC)CC1)C(N)=O. The molecule has 0 aromatic heterocycles. The average molecular weight is 441 g/mol. The summed E-state index contributed by atoms with van der Waals surface area (Å²) in [5, 5.41) is -0.675. The summed E-state index contributed by atoms with van der Waals surface area (Å²) in [6.45, 7) is 3.09. The molecule has 2 N–H and O–H groups in total. The molecule has 1 aromatic carbocycles. The maximum Gasteiger partial charge on any atom is 0.220 e. The number of sulfonamides is 1. The van der Waals surface area contributed by atoms with Crippen LogP contribution in [0.1, 0.15) is 51.0 Å². The van der Waals surface area contributed by atoms with Crippen molar-refractivity contribution in [3.8, 4) is 0 Å². The van der Waals surface area contributed by atoms with Crippen molar-refractivity contribution < 1.29 is 22.7 Å². The van der Waals surface area contributed by atoms with Crippen LogP contribution in [0.5, 0.6) is 0 Å². The van der Waals surface area contributed by atoms with Gasteiger partial charge in [-0.05, 0) is 37.7 Å². The Morgan fingerprint density at radius 3 is 2.47 bits per heavy atom. The number of hydrogen-bond acceptors (Lipinski definition) is 5. The molecule has 0 aliphatic carbocycles. The summed E-state index contributed by atoms with van der Waals surface area (Å²) in [5.74, 6) is -0.848. The van der Waals surface area contributed by atoms with Crippen LogP contribution >= 0.6 is 0 Å². The van der Waals surface area contributed by atoms with Crippen LogP contribution in [-0.4, -0.2) is 57.0 Å². The quantitative estimate of drug-likeness (QED) is 0.476. The minimum atomic E-state index is -3.58. The van der Waals surface area contributed by atoms with Crippen LogP contribution in [0, 0.1) is 5.92 Å². The fraction of sp³-hybridized carbons (Fsp3) is 0.682. The lowest BCUT2D eigenvalue weighted by Crippen LogP contribution is -2.46. The third-order valence-corrected chi connectivity index (χ3v) is 8.05. The number of amides is 1. The predicted octanol–water partition coefficient (Wildman–Crippen LogP) is 2.69. The molecule has 0 radical (unpaired) electrons. The Morgan fingerprint density at radius 1 is 1.23 bits per heavy atom. The van der Waals surface area contributed by atoms with Crippen LogP contribution in [0.4, 0.5) is 0 Å². The Balaban J connectivity index is 2.16. The summed E-state index contributed by atoms with van der Waals surface area (Å²) in [7, 11) is -2.01. The molecular weight excluding hydrogens is 404 g/mol. The normalized spacial score (nSPS) is 18.2. The smallest absolute Gasteiger partial charge is 0.220 e. The number of unbranched alkanes of at least 4 members (excludes halogenated alkanes) is 1. The van der Waals surface area contributed by atoms with Gasteiger partial charge in [0.2, 0.25) is 15.9 Å². The molecule has 0 saturated carbocycles. The second kappa shape index (κ2) is 12.4. The zero-order valence-electron chi connectivity index (χ0n) is 18.2. The number of piperidine rings is 1. The van der Waals surface area contributed by atoms with Gasteiger partial charge in [-0.25, -0.2) is 12.7 Å². The van der Waals surface area contributed by atoms with E-state index in [1.165, 1.54) is 0 Å². The zero-order valence-corrected chi connectivity index (χ0v) is 19.0. The largest absolute Gasteiger partial charge is 0.369 e. The van der Waals surface area contributed by atoms with Crippen LogP contribution < -0.4 is 5.73 Å². The Bertz CT molecular complexity index is 733. The van der Waals surface area contributed by atoms with Gasteiger partial charge < -0.3 is 15.2 Å². The lowest BCUT2D eigenvalue weighted by atomic mass is 9.94. The zero-order chi connectivity index (χ0) is 22.0. The van der Waals surface area contributed by atoms with Crippen LogP contribution in [0.3, 0.4) is 0 Å². The summed E-state index contributed by atoms with van der Waals surface area (Å²) in [5.41, 5.74) is 6.58. The average Bonchev–Trinajstić information content (AvgIpc) is 2.75. The van der Waals surface area contributed by atoms with Gasteiger partial charge in [0.1, 0.15) is 6.79 Å². The van der Waals surface area contributed by atoms with E-state index in [2.05, 4.69) is 0 Å². The molecule has 7 nitrogen and oxygen atoms in total. The van der Waals surface area contributed by atoms with Crippen molar-refractivity contribution in [1.29, 1.82) is 0 Å². The molecule has 1 amide bonds. The van der Waals surface area contributed by atoms with E-state index in [-0.39, 0.29) is 19.3 Å². The van der Waals surface area contributed by atoms with E-state index in [1.807, 2.05) is 37.3 Å². The van der Waals surface area contributed by atoms with E-state index < -0.39 is 27.1 Å². The lowest BCUT2D eigenvalue weighted by molar-refractivity contribution is -0.122. The topological polar surface area (TPSA) is 98.9 Å². The Labute approximate surface area is 181 Å². The summed E-state index contributed by atoms with van der Waals surface area (Å²) in [6, 6.07) is 9.57. The lowest BCUT2D eigenvalue weighted by Gasteiger charge is -2.34. The third kappa shape index (κ3) is 7.34.